The Labute approximate surface area is 163 Å². The van der Waals surface area contributed by atoms with Gasteiger partial charge in [-0.25, -0.2) is 0 Å². The molecule has 0 saturated heterocycles. The zero-order valence-corrected chi connectivity index (χ0v) is 17.6. The van der Waals surface area contributed by atoms with E-state index in [-0.39, 0.29) is 0 Å². The molecule has 4 rings (SSSR count). The van der Waals surface area contributed by atoms with Gasteiger partial charge in [-0.2, -0.15) is 8.42 Å². The molecule has 154 valence electrons. The number of carbonyl (C=O) groups excluding carboxylic acids is 1. The highest BCUT2D eigenvalue weighted by molar-refractivity contribution is 7.79. The number of carbonyl (C=O) groups is 1. The van der Waals surface area contributed by atoms with Crippen LogP contribution in [0.15, 0.2) is 11.6 Å². The van der Waals surface area contributed by atoms with Crippen molar-refractivity contribution in [2.24, 2.45) is 34.5 Å². The van der Waals surface area contributed by atoms with Crippen LogP contribution in [-0.2, 0) is 15.2 Å². The fourth-order valence-corrected chi connectivity index (χ4v) is 7.37. The van der Waals surface area contributed by atoms with Crippen LogP contribution >= 0.6 is 0 Å². The van der Waals surface area contributed by atoms with E-state index in [2.05, 4.69) is 19.9 Å². The van der Waals surface area contributed by atoms with Crippen LogP contribution in [0.5, 0.6) is 0 Å². The standard InChI is InChI=1S/C21H32O.H2O4S/c1-14(22)17-9-10-18-16-8-7-15-6-4-5-12-20(15,2)19(16)11-13-21(17,18)3;1-5(2,3)4/h7,16-19H,4-6,8-13H2,1-3H3;(H2,1,2,3,4)/t16-,17+,18-,19-,20-,21+;/m0./s1. The molecule has 0 aromatic carbocycles. The lowest BCUT2D eigenvalue weighted by molar-refractivity contribution is -0.127. The van der Waals surface area contributed by atoms with Gasteiger partial charge in [0, 0.05) is 5.92 Å². The Balaban J connectivity index is 0.000000376. The van der Waals surface area contributed by atoms with Crippen molar-refractivity contribution in [1.29, 1.82) is 0 Å². The minimum absolute atomic E-state index is 0.309. The van der Waals surface area contributed by atoms with Gasteiger partial charge in [0.15, 0.2) is 0 Å². The van der Waals surface area contributed by atoms with Crippen molar-refractivity contribution >= 4 is 16.2 Å². The van der Waals surface area contributed by atoms with Gasteiger partial charge >= 0.3 is 10.4 Å². The Bertz CT molecular complexity index is 719. The highest BCUT2D eigenvalue weighted by atomic mass is 32.3. The van der Waals surface area contributed by atoms with E-state index in [0.717, 1.165) is 24.2 Å². The first-order chi connectivity index (χ1) is 12.5. The first kappa shape index (κ1) is 21.0. The van der Waals surface area contributed by atoms with Crippen molar-refractivity contribution < 1.29 is 22.3 Å². The molecule has 0 aromatic rings. The molecule has 0 spiro atoms. The van der Waals surface area contributed by atoms with E-state index in [0.29, 0.717) is 22.5 Å². The highest BCUT2D eigenvalue weighted by Crippen LogP contribution is 2.66. The van der Waals surface area contributed by atoms with E-state index >= 15 is 0 Å². The maximum Gasteiger partial charge on any atom is 0.394 e. The van der Waals surface area contributed by atoms with Crippen molar-refractivity contribution in [2.75, 3.05) is 0 Å². The van der Waals surface area contributed by atoms with Crippen molar-refractivity contribution in [1.82, 2.24) is 0 Å². The monoisotopic (exact) mass is 398 g/mol. The molecule has 3 fully saturated rings. The van der Waals surface area contributed by atoms with Crippen LogP contribution < -0.4 is 0 Å². The molecule has 3 saturated carbocycles. The Kier molecular flexibility index (Phi) is 5.65. The van der Waals surface area contributed by atoms with E-state index in [9.17, 15) is 4.79 Å². The first-order valence-electron chi connectivity index (χ1n) is 10.4. The highest BCUT2D eigenvalue weighted by Gasteiger charge is 2.58. The number of hydrogen-bond acceptors (Lipinski definition) is 3. The van der Waals surface area contributed by atoms with Crippen LogP contribution in [0.4, 0.5) is 0 Å². The molecule has 0 unspecified atom stereocenters. The zero-order chi connectivity index (χ0) is 20.0. The van der Waals surface area contributed by atoms with Crippen LogP contribution in [0.1, 0.15) is 78.6 Å². The fraction of sp³-hybridized carbons (Fsp3) is 0.857. The van der Waals surface area contributed by atoms with Crippen LogP contribution in [0.25, 0.3) is 0 Å². The van der Waals surface area contributed by atoms with Gasteiger partial charge in [-0.1, -0.05) is 31.9 Å². The maximum absolute atomic E-state index is 12.1. The quantitative estimate of drug-likeness (QED) is 0.484. The lowest BCUT2D eigenvalue weighted by atomic mass is 9.47. The maximum atomic E-state index is 12.1. The Hall–Kier alpha value is -0.720. The van der Waals surface area contributed by atoms with Crippen LogP contribution in [0.2, 0.25) is 0 Å². The van der Waals surface area contributed by atoms with Crippen LogP contribution in [0.3, 0.4) is 0 Å². The van der Waals surface area contributed by atoms with E-state index in [4.69, 9.17) is 17.5 Å². The van der Waals surface area contributed by atoms with E-state index in [1.165, 1.54) is 51.4 Å². The molecule has 27 heavy (non-hydrogen) atoms. The SMILES string of the molecule is CC(=O)[C@H]1CC[C@H]2[C@@H]3CC=C4CCCC[C@]4(C)[C@H]3CC[C@]12C.O=S(=O)(O)O. The second-order valence-corrected chi connectivity index (χ2v) is 10.6. The van der Waals surface area contributed by atoms with Gasteiger partial charge in [0.2, 0.25) is 0 Å². The van der Waals surface area contributed by atoms with E-state index in [1.807, 2.05) is 6.92 Å². The van der Waals surface area contributed by atoms with E-state index in [1.54, 1.807) is 5.57 Å². The van der Waals surface area contributed by atoms with Gasteiger partial charge in [0.05, 0.1) is 0 Å². The molecule has 4 aliphatic rings. The first-order valence-corrected chi connectivity index (χ1v) is 11.8. The second-order valence-electron chi connectivity index (χ2n) is 9.70. The smallest absolute Gasteiger partial charge is 0.300 e. The summed E-state index contributed by atoms with van der Waals surface area (Å²) in [6.07, 6.45) is 14.7. The third kappa shape index (κ3) is 3.90. The van der Waals surface area contributed by atoms with Crippen molar-refractivity contribution in [3.05, 3.63) is 11.6 Å². The molecule has 0 bridgehead atoms. The number of allylic oxidation sites excluding steroid dienone is 2. The fourth-order valence-electron chi connectivity index (χ4n) is 7.37. The van der Waals surface area contributed by atoms with E-state index < -0.39 is 10.4 Å². The predicted molar refractivity (Wildman–Crippen MR) is 105 cm³/mol. The number of Topliss-reactive ketones (excluding diaryl/α,β-unsaturated/α-hetero) is 1. The largest absolute Gasteiger partial charge is 0.394 e. The van der Waals surface area contributed by atoms with Gasteiger partial charge < -0.3 is 0 Å². The Morgan fingerprint density at radius 2 is 1.74 bits per heavy atom. The van der Waals surface area contributed by atoms with Crippen molar-refractivity contribution in [3.63, 3.8) is 0 Å². The summed E-state index contributed by atoms with van der Waals surface area (Å²) in [4.78, 5) is 12.1. The van der Waals surface area contributed by atoms with Crippen molar-refractivity contribution in [3.8, 4) is 0 Å². The summed E-state index contributed by atoms with van der Waals surface area (Å²) in [5.41, 5.74) is 2.60. The van der Waals surface area contributed by atoms with Crippen LogP contribution in [-0.4, -0.2) is 23.3 Å². The van der Waals surface area contributed by atoms with Gasteiger partial charge in [-0.3, -0.25) is 13.9 Å². The third-order valence-corrected chi connectivity index (χ3v) is 8.51. The molecule has 5 nitrogen and oxygen atoms in total. The average Bonchev–Trinajstić information content (AvgIpc) is 2.90. The van der Waals surface area contributed by atoms with Gasteiger partial charge in [0.1, 0.15) is 5.78 Å². The van der Waals surface area contributed by atoms with Gasteiger partial charge in [0.25, 0.3) is 0 Å². The zero-order valence-electron chi connectivity index (χ0n) is 16.8. The lowest BCUT2D eigenvalue weighted by Gasteiger charge is -2.57. The molecule has 0 aliphatic heterocycles. The van der Waals surface area contributed by atoms with Gasteiger partial charge in [-0.05, 0) is 86.9 Å². The Morgan fingerprint density at radius 3 is 2.37 bits per heavy atom. The number of rotatable bonds is 1. The molecule has 6 atom stereocenters. The molecule has 0 radical (unpaired) electrons. The average molecular weight is 399 g/mol. The number of fused-ring (bicyclic) bond motifs is 5. The molecule has 2 N–H and O–H groups in total. The topological polar surface area (TPSA) is 91.7 Å². The Morgan fingerprint density at radius 1 is 1.07 bits per heavy atom. The minimum Gasteiger partial charge on any atom is -0.300 e. The number of hydrogen-bond donors (Lipinski definition) is 2. The molecular formula is C21H34O5S. The summed E-state index contributed by atoms with van der Waals surface area (Å²) in [5.74, 6) is 3.37. The summed E-state index contributed by atoms with van der Waals surface area (Å²) in [6.45, 7) is 6.87. The third-order valence-electron chi connectivity index (χ3n) is 8.51. The molecule has 0 amide bonds. The second kappa shape index (κ2) is 7.27. The summed E-state index contributed by atoms with van der Waals surface area (Å²) < 4.78 is 31.6. The normalized spacial score (nSPS) is 43.4. The minimum atomic E-state index is -4.67. The summed E-state index contributed by atoms with van der Waals surface area (Å²) in [7, 11) is -4.67. The summed E-state index contributed by atoms with van der Waals surface area (Å²) in [6, 6.07) is 0. The molecule has 6 heteroatoms. The molecule has 0 heterocycles. The van der Waals surface area contributed by atoms with Crippen molar-refractivity contribution in [2.45, 2.75) is 78.6 Å². The lowest BCUT2D eigenvalue weighted by Crippen LogP contribution is -2.50. The molecule has 0 aromatic heterocycles. The summed E-state index contributed by atoms with van der Waals surface area (Å²) in [5, 5.41) is 0. The molecular weight excluding hydrogens is 364 g/mol. The van der Waals surface area contributed by atoms with Crippen LogP contribution in [0, 0.1) is 34.5 Å². The number of ketones is 1. The van der Waals surface area contributed by atoms with Gasteiger partial charge in [-0.15, -0.1) is 0 Å². The molecule has 4 aliphatic carbocycles. The summed E-state index contributed by atoms with van der Waals surface area (Å²) >= 11 is 0. The predicted octanol–water partition coefficient (Wildman–Crippen LogP) is 4.89.